The first-order chi connectivity index (χ1) is 8.03. The van der Waals surface area contributed by atoms with Gasteiger partial charge in [0.25, 0.3) is 0 Å². The van der Waals surface area contributed by atoms with Crippen LogP contribution in [0.1, 0.15) is 32.4 Å². The average molecular weight is 251 g/mol. The number of rotatable bonds is 5. The second kappa shape index (κ2) is 4.58. The first-order valence-electron chi connectivity index (χ1n) is 5.76. The fourth-order valence-corrected chi connectivity index (χ4v) is 2.61. The molecule has 2 heterocycles. The summed E-state index contributed by atoms with van der Waals surface area (Å²) in [6.07, 6.45) is 5.78. The summed E-state index contributed by atoms with van der Waals surface area (Å²) in [5.74, 6) is 0.0603. The maximum Gasteiger partial charge on any atom is 0.193 e. The minimum Gasteiger partial charge on any atom is -0.319 e. The van der Waals surface area contributed by atoms with E-state index in [4.69, 9.17) is 5.73 Å². The predicted molar refractivity (Wildman–Crippen MR) is 69.3 cm³/mol. The fourth-order valence-electron chi connectivity index (χ4n) is 1.89. The van der Waals surface area contributed by atoms with Gasteiger partial charge in [-0.1, -0.05) is 13.3 Å². The largest absolute Gasteiger partial charge is 0.319 e. The van der Waals surface area contributed by atoms with Crippen LogP contribution in [0.4, 0.5) is 0 Å². The van der Waals surface area contributed by atoms with Crippen molar-refractivity contribution in [3.63, 3.8) is 0 Å². The van der Waals surface area contributed by atoms with Gasteiger partial charge in [-0.15, -0.1) is 11.3 Å². The number of thiazole rings is 1. The standard InChI is InChI=1S/C12H17N3OS/c1-3-4-12(2,13)10(16)7-9-8-15-5-6-17-11(15)14-9/h5-6,8H,3-4,7,13H2,1-2H3. The number of nitrogens with two attached hydrogens (primary N) is 1. The lowest BCUT2D eigenvalue weighted by molar-refractivity contribution is -0.123. The number of nitrogens with zero attached hydrogens (tertiary/aromatic N) is 2. The van der Waals surface area contributed by atoms with Crippen molar-refractivity contribution in [3.8, 4) is 0 Å². The summed E-state index contributed by atoms with van der Waals surface area (Å²) in [4.78, 5) is 17.4. The lowest BCUT2D eigenvalue weighted by atomic mass is 9.90. The summed E-state index contributed by atoms with van der Waals surface area (Å²) in [5, 5.41) is 1.97. The van der Waals surface area contributed by atoms with Crippen molar-refractivity contribution in [1.82, 2.24) is 9.38 Å². The molecule has 0 aromatic carbocycles. The van der Waals surface area contributed by atoms with Crippen LogP contribution in [0.2, 0.25) is 0 Å². The maximum atomic E-state index is 12.1. The van der Waals surface area contributed by atoms with E-state index in [1.54, 1.807) is 18.3 Å². The van der Waals surface area contributed by atoms with Crippen molar-refractivity contribution in [3.05, 3.63) is 23.5 Å². The summed E-state index contributed by atoms with van der Waals surface area (Å²) >= 11 is 1.56. The molecular weight excluding hydrogens is 234 g/mol. The van der Waals surface area contributed by atoms with Crippen molar-refractivity contribution in [2.45, 2.75) is 38.6 Å². The Morgan fingerprint density at radius 2 is 2.41 bits per heavy atom. The summed E-state index contributed by atoms with van der Waals surface area (Å²) in [5.41, 5.74) is 6.08. The zero-order chi connectivity index (χ0) is 12.5. The van der Waals surface area contributed by atoms with Gasteiger partial charge in [-0.2, -0.15) is 0 Å². The molecule has 0 saturated carbocycles. The zero-order valence-electron chi connectivity index (χ0n) is 10.1. The van der Waals surface area contributed by atoms with E-state index in [-0.39, 0.29) is 5.78 Å². The molecule has 0 aliphatic rings. The Bertz CT molecular complexity index is 498. The molecule has 1 unspecified atom stereocenters. The van der Waals surface area contributed by atoms with Crippen LogP contribution in [0.5, 0.6) is 0 Å². The fraction of sp³-hybridized carbons (Fsp3) is 0.500. The van der Waals surface area contributed by atoms with Gasteiger partial charge in [0.15, 0.2) is 10.7 Å². The van der Waals surface area contributed by atoms with Gasteiger partial charge in [-0.3, -0.25) is 9.20 Å². The van der Waals surface area contributed by atoms with Crippen molar-refractivity contribution in [1.29, 1.82) is 0 Å². The van der Waals surface area contributed by atoms with Crippen LogP contribution in [0.3, 0.4) is 0 Å². The van der Waals surface area contributed by atoms with E-state index in [1.165, 1.54) is 0 Å². The number of aromatic nitrogens is 2. The highest BCUT2D eigenvalue weighted by atomic mass is 32.1. The van der Waals surface area contributed by atoms with Gasteiger partial charge in [0.1, 0.15) is 0 Å². The number of fused-ring (bicyclic) bond motifs is 1. The second-order valence-electron chi connectivity index (χ2n) is 4.59. The summed E-state index contributed by atoms with van der Waals surface area (Å²) < 4.78 is 1.93. The molecule has 2 aromatic rings. The number of hydrogen-bond acceptors (Lipinski definition) is 4. The Labute approximate surface area is 104 Å². The van der Waals surface area contributed by atoms with Crippen LogP contribution in [0, 0.1) is 0 Å². The van der Waals surface area contributed by atoms with E-state index in [9.17, 15) is 4.79 Å². The molecule has 0 aliphatic carbocycles. The van der Waals surface area contributed by atoms with Crippen LogP contribution in [-0.4, -0.2) is 20.7 Å². The molecule has 17 heavy (non-hydrogen) atoms. The molecule has 1 atom stereocenters. The average Bonchev–Trinajstić information content (AvgIpc) is 2.77. The number of Topliss-reactive ketones (excluding diaryl/α,β-unsaturated/α-hetero) is 1. The molecule has 0 spiro atoms. The molecule has 2 rings (SSSR count). The highest BCUT2D eigenvalue weighted by molar-refractivity contribution is 7.15. The first-order valence-corrected chi connectivity index (χ1v) is 6.64. The monoisotopic (exact) mass is 251 g/mol. The van der Waals surface area contributed by atoms with Crippen molar-refractivity contribution >= 4 is 22.1 Å². The van der Waals surface area contributed by atoms with Crippen LogP contribution in [0.25, 0.3) is 4.96 Å². The van der Waals surface area contributed by atoms with E-state index in [0.717, 1.165) is 17.1 Å². The highest BCUT2D eigenvalue weighted by Crippen LogP contribution is 2.16. The third kappa shape index (κ3) is 2.56. The van der Waals surface area contributed by atoms with E-state index in [0.29, 0.717) is 12.8 Å². The van der Waals surface area contributed by atoms with Gasteiger partial charge in [-0.25, -0.2) is 4.98 Å². The molecular formula is C12H17N3OS. The quantitative estimate of drug-likeness (QED) is 0.884. The molecule has 4 nitrogen and oxygen atoms in total. The van der Waals surface area contributed by atoms with Crippen molar-refractivity contribution < 1.29 is 4.79 Å². The van der Waals surface area contributed by atoms with E-state index in [2.05, 4.69) is 4.98 Å². The predicted octanol–water partition coefficient (Wildman–Crippen LogP) is 2.02. The number of carbonyl (C=O) groups excluding carboxylic acids is 1. The van der Waals surface area contributed by atoms with Gasteiger partial charge in [0.05, 0.1) is 17.7 Å². The lowest BCUT2D eigenvalue weighted by Gasteiger charge is -2.21. The minimum atomic E-state index is -0.730. The van der Waals surface area contributed by atoms with Crippen LogP contribution >= 0.6 is 11.3 Å². The third-order valence-electron chi connectivity index (χ3n) is 2.89. The number of ketones is 1. The van der Waals surface area contributed by atoms with Crippen LogP contribution in [0.15, 0.2) is 17.8 Å². The Morgan fingerprint density at radius 3 is 3.06 bits per heavy atom. The molecule has 2 N–H and O–H groups in total. The Morgan fingerprint density at radius 1 is 1.65 bits per heavy atom. The molecule has 0 amide bonds. The van der Waals surface area contributed by atoms with Gasteiger partial charge < -0.3 is 5.73 Å². The Balaban J connectivity index is 2.11. The molecule has 0 saturated heterocycles. The summed E-state index contributed by atoms with van der Waals surface area (Å²) in [7, 11) is 0. The van der Waals surface area contributed by atoms with E-state index >= 15 is 0 Å². The SMILES string of the molecule is CCCC(C)(N)C(=O)Cc1cn2ccsc2n1. The van der Waals surface area contributed by atoms with Crippen LogP contribution < -0.4 is 5.73 Å². The molecule has 0 fully saturated rings. The van der Waals surface area contributed by atoms with E-state index in [1.807, 2.05) is 29.1 Å². The minimum absolute atomic E-state index is 0.0603. The maximum absolute atomic E-state index is 12.1. The Hall–Kier alpha value is -1.20. The van der Waals surface area contributed by atoms with Gasteiger partial charge in [0, 0.05) is 17.8 Å². The lowest BCUT2D eigenvalue weighted by Crippen LogP contribution is -2.45. The van der Waals surface area contributed by atoms with Gasteiger partial charge in [-0.05, 0) is 13.3 Å². The molecule has 0 bridgehead atoms. The highest BCUT2D eigenvalue weighted by Gasteiger charge is 2.27. The Kier molecular flexibility index (Phi) is 3.31. The van der Waals surface area contributed by atoms with Gasteiger partial charge in [0.2, 0.25) is 0 Å². The number of carbonyl (C=O) groups is 1. The van der Waals surface area contributed by atoms with Crippen molar-refractivity contribution in [2.24, 2.45) is 5.73 Å². The first kappa shape index (κ1) is 12.3. The van der Waals surface area contributed by atoms with Crippen LogP contribution in [-0.2, 0) is 11.2 Å². The van der Waals surface area contributed by atoms with E-state index < -0.39 is 5.54 Å². The number of imidazole rings is 1. The normalized spacial score (nSPS) is 15.0. The molecule has 5 heteroatoms. The summed E-state index contributed by atoms with van der Waals surface area (Å²) in [6, 6.07) is 0. The molecule has 2 aromatic heterocycles. The third-order valence-corrected chi connectivity index (χ3v) is 3.66. The topological polar surface area (TPSA) is 60.4 Å². The van der Waals surface area contributed by atoms with Gasteiger partial charge >= 0.3 is 0 Å². The molecule has 0 aliphatic heterocycles. The number of hydrogen-bond donors (Lipinski definition) is 1. The second-order valence-corrected chi connectivity index (χ2v) is 5.47. The zero-order valence-corrected chi connectivity index (χ0v) is 11.0. The molecule has 92 valence electrons. The summed E-state index contributed by atoms with van der Waals surface area (Å²) in [6.45, 7) is 3.84. The molecule has 0 radical (unpaired) electrons. The van der Waals surface area contributed by atoms with Crippen molar-refractivity contribution in [2.75, 3.05) is 0 Å². The smallest absolute Gasteiger partial charge is 0.193 e.